The van der Waals surface area contributed by atoms with Gasteiger partial charge < -0.3 is 19.3 Å². The van der Waals surface area contributed by atoms with Gasteiger partial charge in [0.25, 0.3) is 11.8 Å². The lowest BCUT2D eigenvalue weighted by molar-refractivity contribution is -0.142. The van der Waals surface area contributed by atoms with Crippen LogP contribution in [-0.2, 0) is 4.79 Å². The van der Waals surface area contributed by atoms with Gasteiger partial charge >= 0.3 is 5.97 Å². The summed E-state index contributed by atoms with van der Waals surface area (Å²) in [4.78, 5) is 25.1. The van der Waals surface area contributed by atoms with E-state index < -0.39 is 11.9 Å². The van der Waals surface area contributed by atoms with Crippen molar-refractivity contribution >= 4 is 11.9 Å². The average molecular weight is 280 g/mol. The molecule has 1 saturated heterocycles. The molecule has 1 N–H and O–H groups in total. The lowest BCUT2D eigenvalue weighted by atomic mass is 9.92. The van der Waals surface area contributed by atoms with Gasteiger partial charge in [-0.25, -0.2) is 0 Å². The van der Waals surface area contributed by atoms with E-state index in [2.05, 4.69) is 5.16 Å². The number of carbonyl (C=O) groups excluding carboxylic acids is 1. The monoisotopic (exact) mass is 280 g/mol. The number of ether oxygens (including phenoxy) is 1. The predicted octanol–water partition coefficient (Wildman–Crippen LogP) is 0.866. The summed E-state index contributed by atoms with van der Waals surface area (Å²) in [6, 6.07) is 1.42. The molecule has 7 nitrogen and oxygen atoms in total. The summed E-state index contributed by atoms with van der Waals surface area (Å²) in [5.41, 5.74) is 0. The highest BCUT2D eigenvalue weighted by molar-refractivity contribution is 5.92. The van der Waals surface area contributed by atoms with Crippen molar-refractivity contribution in [3.8, 4) is 5.88 Å². The molecule has 2 atom stereocenters. The molecular weight excluding hydrogens is 264 g/mol. The first-order chi connectivity index (χ1) is 9.60. The van der Waals surface area contributed by atoms with Gasteiger partial charge in [-0.2, -0.15) is 0 Å². The van der Waals surface area contributed by atoms with E-state index >= 15 is 0 Å². The Bertz CT molecular complexity index is 537. The lowest BCUT2D eigenvalue weighted by Gasteiger charge is -2.13. The van der Waals surface area contributed by atoms with Gasteiger partial charge in [-0.15, -0.1) is 0 Å². The second-order valence-corrected chi connectivity index (χ2v) is 5.39. The van der Waals surface area contributed by atoms with Crippen molar-refractivity contribution in [2.24, 2.45) is 17.8 Å². The van der Waals surface area contributed by atoms with E-state index in [1.807, 2.05) is 0 Å². The van der Waals surface area contributed by atoms with Crippen molar-refractivity contribution in [1.82, 2.24) is 10.1 Å². The Labute approximate surface area is 115 Å². The zero-order valence-electron chi connectivity index (χ0n) is 11.1. The number of amides is 1. The number of carbonyl (C=O) groups is 2. The fourth-order valence-electron chi connectivity index (χ4n) is 2.87. The van der Waals surface area contributed by atoms with Crippen LogP contribution < -0.4 is 4.74 Å². The van der Waals surface area contributed by atoms with Gasteiger partial charge in [0.15, 0.2) is 0 Å². The fraction of sp³-hybridized carbons (Fsp3) is 0.615. The Morgan fingerprint density at radius 3 is 2.75 bits per heavy atom. The molecule has 1 aromatic rings. The number of rotatable bonds is 4. The van der Waals surface area contributed by atoms with E-state index in [0.29, 0.717) is 12.5 Å². The van der Waals surface area contributed by atoms with E-state index in [-0.39, 0.29) is 30.0 Å². The molecule has 2 aliphatic rings. The Balaban J connectivity index is 1.74. The first-order valence-corrected chi connectivity index (χ1v) is 6.63. The van der Waals surface area contributed by atoms with Crippen molar-refractivity contribution in [2.75, 3.05) is 20.2 Å². The van der Waals surface area contributed by atoms with Gasteiger partial charge in [-0.1, -0.05) is 0 Å². The molecular formula is C13H16N2O5. The molecule has 108 valence electrons. The number of aromatic nitrogens is 1. The van der Waals surface area contributed by atoms with Gasteiger partial charge in [0, 0.05) is 13.1 Å². The minimum absolute atomic E-state index is 0.0567. The largest absolute Gasteiger partial charge is 0.481 e. The zero-order chi connectivity index (χ0) is 14.3. The quantitative estimate of drug-likeness (QED) is 0.879. The number of methoxy groups -OCH3 is 1. The maximum absolute atomic E-state index is 12.3. The van der Waals surface area contributed by atoms with E-state index in [4.69, 9.17) is 9.26 Å². The third-order valence-corrected chi connectivity index (χ3v) is 4.11. The first kappa shape index (κ1) is 13.0. The number of hydrogen-bond acceptors (Lipinski definition) is 5. The van der Waals surface area contributed by atoms with Crippen molar-refractivity contribution in [3.63, 3.8) is 0 Å². The third kappa shape index (κ3) is 2.23. The number of likely N-dealkylation sites (tertiary alicyclic amines) is 1. The second kappa shape index (κ2) is 4.81. The standard InChI is InChI=1S/C13H16N2O5/c1-19-11-4-10(20-14-11)12(16)15-5-8(7-2-3-7)9(6-15)13(17)18/h4,7-9H,2-3,5-6H2,1H3,(H,17,18)/t8-,9+/m1/s1. The van der Waals surface area contributed by atoms with Gasteiger partial charge in [-0.3, -0.25) is 9.59 Å². The van der Waals surface area contributed by atoms with Crippen molar-refractivity contribution in [3.05, 3.63) is 11.8 Å². The van der Waals surface area contributed by atoms with Crippen LogP contribution in [0.25, 0.3) is 0 Å². The van der Waals surface area contributed by atoms with E-state index in [1.54, 1.807) is 4.90 Å². The Kier molecular flexibility index (Phi) is 3.11. The molecule has 1 saturated carbocycles. The van der Waals surface area contributed by atoms with Crippen molar-refractivity contribution in [2.45, 2.75) is 12.8 Å². The number of aliphatic carboxylic acids is 1. The molecule has 0 bridgehead atoms. The van der Waals surface area contributed by atoms with Crippen LogP contribution in [0.2, 0.25) is 0 Å². The fourth-order valence-corrected chi connectivity index (χ4v) is 2.87. The minimum Gasteiger partial charge on any atom is -0.481 e. The van der Waals surface area contributed by atoms with Gasteiger partial charge in [0.1, 0.15) is 0 Å². The molecule has 3 rings (SSSR count). The molecule has 2 heterocycles. The van der Waals surface area contributed by atoms with E-state index in [0.717, 1.165) is 12.8 Å². The van der Waals surface area contributed by atoms with Crippen LogP contribution in [0.15, 0.2) is 10.6 Å². The van der Waals surface area contributed by atoms with Gasteiger partial charge in [0.2, 0.25) is 5.76 Å². The Morgan fingerprint density at radius 1 is 1.45 bits per heavy atom. The maximum atomic E-state index is 12.3. The SMILES string of the molecule is COc1cc(C(=O)N2C[C@H](C(=O)O)[C@@H](C3CC3)C2)on1. The summed E-state index contributed by atoms with van der Waals surface area (Å²) in [6.45, 7) is 0.710. The molecule has 0 unspecified atom stereocenters. The van der Waals surface area contributed by atoms with Gasteiger partial charge in [-0.05, 0) is 29.8 Å². The molecule has 0 aromatic carbocycles. The molecule has 2 fully saturated rings. The Morgan fingerprint density at radius 2 is 2.20 bits per heavy atom. The molecule has 1 aromatic heterocycles. The van der Waals surface area contributed by atoms with Crippen molar-refractivity contribution < 1.29 is 24.0 Å². The molecule has 1 aliphatic heterocycles. The molecule has 1 amide bonds. The zero-order valence-corrected chi connectivity index (χ0v) is 11.1. The molecule has 0 spiro atoms. The van der Waals surface area contributed by atoms with Crippen LogP contribution in [0, 0.1) is 17.8 Å². The first-order valence-electron chi connectivity index (χ1n) is 6.63. The highest BCUT2D eigenvalue weighted by Gasteiger charge is 2.47. The predicted molar refractivity (Wildman–Crippen MR) is 66.3 cm³/mol. The molecule has 20 heavy (non-hydrogen) atoms. The van der Waals surface area contributed by atoms with Crippen LogP contribution in [0.4, 0.5) is 0 Å². The highest BCUT2D eigenvalue weighted by atomic mass is 16.5. The lowest BCUT2D eigenvalue weighted by Crippen LogP contribution is -2.29. The number of carboxylic acid groups (broad SMARTS) is 1. The summed E-state index contributed by atoms with van der Waals surface area (Å²) >= 11 is 0. The Hall–Kier alpha value is -2.05. The van der Waals surface area contributed by atoms with Crippen LogP contribution in [-0.4, -0.2) is 47.2 Å². The van der Waals surface area contributed by atoms with Crippen LogP contribution in [0.1, 0.15) is 23.4 Å². The van der Waals surface area contributed by atoms with E-state index in [9.17, 15) is 14.7 Å². The summed E-state index contributed by atoms with van der Waals surface area (Å²) in [5.74, 6) is -0.804. The maximum Gasteiger partial charge on any atom is 0.308 e. The summed E-state index contributed by atoms with van der Waals surface area (Å²) < 4.78 is 9.79. The number of nitrogens with zero attached hydrogens (tertiary/aromatic N) is 2. The highest BCUT2D eigenvalue weighted by Crippen LogP contribution is 2.44. The van der Waals surface area contributed by atoms with Crippen molar-refractivity contribution in [1.29, 1.82) is 0 Å². The second-order valence-electron chi connectivity index (χ2n) is 5.39. The van der Waals surface area contributed by atoms with Gasteiger partial charge in [0.05, 0.1) is 19.1 Å². The average Bonchev–Trinajstić information content (AvgIpc) is 3.02. The molecule has 7 heteroatoms. The normalized spacial score (nSPS) is 25.8. The van der Waals surface area contributed by atoms with E-state index in [1.165, 1.54) is 13.2 Å². The smallest absolute Gasteiger partial charge is 0.308 e. The molecule has 0 radical (unpaired) electrons. The van der Waals surface area contributed by atoms with Crippen LogP contribution in [0.5, 0.6) is 5.88 Å². The summed E-state index contributed by atoms with van der Waals surface area (Å²) in [5, 5.41) is 12.9. The third-order valence-electron chi connectivity index (χ3n) is 4.11. The summed E-state index contributed by atoms with van der Waals surface area (Å²) in [6.07, 6.45) is 2.12. The number of hydrogen-bond donors (Lipinski definition) is 1. The summed E-state index contributed by atoms with van der Waals surface area (Å²) in [7, 11) is 1.44. The topological polar surface area (TPSA) is 92.9 Å². The minimum atomic E-state index is -0.827. The van der Waals surface area contributed by atoms with Crippen LogP contribution >= 0.6 is 0 Å². The van der Waals surface area contributed by atoms with Crippen LogP contribution in [0.3, 0.4) is 0 Å². The molecule has 1 aliphatic carbocycles. The number of carboxylic acids is 1.